The van der Waals surface area contributed by atoms with Gasteiger partial charge in [0.1, 0.15) is 0 Å². The molecule has 0 amide bonds. The lowest BCUT2D eigenvalue weighted by atomic mass is 9.86. The molecule has 0 saturated carbocycles. The van der Waals surface area contributed by atoms with Crippen molar-refractivity contribution < 1.29 is 28.8 Å². The van der Waals surface area contributed by atoms with E-state index in [9.17, 15) is 5.11 Å². The van der Waals surface area contributed by atoms with E-state index < -0.39 is 6.29 Å². The molecule has 0 spiro atoms. The van der Waals surface area contributed by atoms with E-state index in [1.54, 1.807) is 7.11 Å². The van der Waals surface area contributed by atoms with Crippen LogP contribution in [0.1, 0.15) is 84.1 Å². The molecular weight excluding hydrogens is 480 g/mol. The molecule has 3 fully saturated rings. The van der Waals surface area contributed by atoms with Crippen LogP contribution in [-0.4, -0.2) is 61.2 Å². The summed E-state index contributed by atoms with van der Waals surface area (Å²) in [5.74, 6) is 1.07. The quantitative estimate of drug-likeness (QED) is 0.424. The molecule has 3 heterocycles. The summed E-state index contributed by atoms with van der Waals surface area (Å²) in [7, 11) is 1.80. The summed E-state index contributed by atoms with van der Waals surface area (Å²) in [6.45, 7) is 7.29. The van der Waals surface area contributed by atoms with Crippen molar-refractivity contribution in [2.75, 3.05) is 7.11 Å². The zero-order valence-corrected chi connectivity index (χ0v) is 23.9. The monoisotopic (exact) mass is 530 g/mol. The van der Waals surface area contributed by atoms with Crippen LogP contribution in [-0.2, 0) is 30.3 Å². The van der Waals surface area contributed by atoms with Crippen molar-refractivity contribution >= 4 is 0 Å². The average molecular weight is 531 g/mol. The molecule has 0 aliphatic carbocycles. The first-order valence-corrected chi connectivity index (χ1v) is 14.9. The molecule has 1 N–H and O–H groups in total. The number of rotatable bonds is 7. The highest BCUT2D eigenvalue weighted by Crippen LogP contribution is 2.34. The Morgan fingerprint density at radius 3 is 2.37 bits per heavy atom. The van der Waals surface area contributed by atoms with Gasteiger partial charge in [0, 0.05) is 32.8 Å². The standard InChI is InChI=1S/C32H50O6/c1-22(2)9-8-12-25-15-26-14-13-23(3)31(37-26)19-27(34-4)16-29-17-28(18-30(36-29)20-32(33)38-25)35-21-24-10-6-5-7-11-24/h5-8,10-12,22-23,25-33H,9,13-21H2,1-4H3/b12-8+/t23-,25-,26-,27+,28-,29+,30+,31+,32+/m0/s1. The van der Waals surface area contributed by atoms with Gasteiger partial charge in [-0.3, -0.25) is 0 Å². The minimum atomic E-state index is -0.901. The number of aliphatic hydroxyl groups is 1. The Balaban J connectivity index is 1.49. The van der Waals surface area contributed by atoms with Crippen molar-refractivity contribution in [3.8, 4) is 0 Å². The summed E-state index contributed by atoms with van der Waals surface area (Å²) in [6, 6.07) is 10.3. The van der Waals surface area contributed by atoms with Crippen molar-refractivity contribution in [1.29, 1.82) is 0 Å². The van der Waals surface area contributed by atoms with Crippen LogP contribution < -0.4 is 0 Å². The molecule has 0 radical (unpaired) electrons. The number of hydrogen-bond donors (Lipinski definition) is 1. The summed E-state index contributed by atoms with van der Waals surface area (Å²) in [4.78, 5) is 0. The zero-order valence-electron chi connectivity index (χ0n) is 23.9. The van der Waals surface area contributed by atoms with Crippen LogP contribution >= 0.6 is 0 Å². The third kappa shape index (κ3) is 9.42. The summed E-state index contributed by atoms with van der Waals surface area (Å²) in [5.41, 5.74) is 1.17. The van der Waals surface area contributed by atoms with E-state index in [2.05, 4.69) is 45.1 Å². The maximum atomic E-state index is 11.0. The van der Waals surface area contributed by atoms with Crippen LogP contribution in [0.3, 0.4) is 0 Å². The molecule has 38 heavy (non-hydrogen) atoms. The lowest BCUT2D eigenvalue weighted by Gasteiger charge is -2.41. The molecular formula is C32H50O6. The molecule has 0 unspecified atom stereocenters. The first-order valence-electron chi connectivity index (χ1n) is 14.9. The summed E-state index contributed by atoms with van der Waals surface area (Å²) in [6.07, 6.45) is 11.1. The van der Waals surface area contributed by atoms with E-state index in [0.29, 0.717) is 24.9 Å². The van der Waals surface area contributed by atoms with Crippen LogP contribution in [0.4, 0.5) is 0 Å². The molecule has 1 aromatic rings. The molecule has 3 aliphatic rings. The van der Waals surface area contributed by atoms with Gasteiger partial charge in [0.05, 0.1) is 49.3 Å². The van der Waals surface area contributed by atoms with Crippen LogP contribution in [0.5, 0.6) is 0 Å². The third-order valence-corrected chi connectivity index (χ3v) is 8.32. The summed E-state index contributed by atoms with van der Waals surface area (Å²) < 4.78 is 31.8. The van der Waals surface area contributed by atoms with Gasteiger partial charge in [-0.15, -0.1) is 0 Å². The van der Waals surface area contributed by atoms with Gasteiger partial charge >= 0.3 is 0 Å². The van der Waals surface area contributed by atoms with Gasteiger partial charge in [0.2, 0.25) is 0 Å². The van der Waals surface area contributed by atoms with Gasteiger partial charge in [-0.05, 0) is 49.5 Å². The number of benzene rings is 1. The molecule has 3 saturated heterocycles. The fourth-order valence-corrected chi connectivity index (χ4v) is 6.10. The Labute approximate surface area is 230 Å². The third-order valence-electron chi connectivity index (χ3n) is 8.32. The average Bonchev–Trinajstić information content (AvgIpc) is 2.88. The number of fused-ring (bicyclic) bond motifs is 4. The fourth-order valence-electron chi connectivity index (χ4n) is 6.10. The Kier molecular flexibility index (Phi) is 11.7. The molecule has 3 aliphatic heterocycles. The molecule has 214 valence electrons. The van der Waals surface area contributed by atoms with Crippen molar-refractivity contribution in [1.82, 2.24) is 0 Å². The molecule has 4 rings (SSSR count). The van der Waals surface area contributed by atoms with Gasteiger partial charge in [0.15, 0.2) is 6.29 Å². The largest absolute Gasteiger partial charge is 0.381 e. The zero-order chi connectivity index (χ0) is 26.9. The second-order valence-electron chi connectivity index (χ2n) is 12.1. The van der Waals surface area contributed by atoms with Crippen molar-refractivity contribution in [3.63, 3.8) is 0 Å². The Morgan fingerprint density at radius 1 is 0.895 bits per heavy atom. The number of allylic oxidation sites excluding steroid dienone is 1. The molecule has 6 heteroatoms. The van der Waals surface area contributed by atoms with Gasteiger partial charge in [-0.2, -0.15) is 0 Å². The lowest BCUT2D eigenvalue weighted by Crippen LogP contribution is -2.43. The fraction of sp³-hybridized carbons (Fsp3) is 0.750. The molecule has 1 aromatic carbocycles. The van der Waals surface area contributed by atoms with Gasteiger partial charge in [-0.25, -0.2) is 0 Å². The lowest BCUT2D eigenvalue weighted by molar-refractivity contribution is -0.192. The van der Waals surface area contributed by atoms with E-state index in [1.165, 1.54) is 5.56 Å². The van der Waals surface area contributed by atoms with E-state index in [0.717, 1.165) is 51.4 Å². The van der Waals surface area contributed by atoms with Crippen LogP contribution in [0, 0.1) is 11.8 Å². The number of aliphatic hydroxyl groups excluding tert-OH is 1. The smallest absolute Gasteiger partial charge is 0.157 e. The SMILES string of the molecule is CO[C@@H]1C[C@@H]2C[C@H](OCc3ccccc3)C[C@H](C[C@H](O)O[C@@H](/C=C/CC(C)C)C[C@@H]3CC[C@H](C)[C@@H](C1)O3)O2. The molecule has 9 atom stereocenters. The molecule has 0 aromatic heterocycles. The topological polar surface area (TPSA) is 66.4 Å². The predicted octanol–water partition coefficient (Wildman–Crippen LogP) is 6.20. The second kappa shape index (κ2) is 14.9. The van der Waals surface area contributed by atoms with E-state index in [-0.39, 0.29) is 42.7 Å². The maximum Gasteiger partial charge on any atom is 0.157 e. The van der Waals surface area contributed by atoms with Gasteiger partial charge < -0.3 is 28.8 Å². The van der Waals surface area contributed by atoms with E-state index in [4.69, 9.17) is 23.7 Å². The number of hydrogen-bond acceptors (Lipinski definition) is 6. The van der Waals surface area contributed by atoms with Crippen LogP contribution in [0.15, 0.2) is 42.5 Å². The Hall–Kier alpha value is -1.28. The van der Waals surface area contributed by atoms with E-state index in [1.807, 2.05) is 18.2 Å². The minimum absolute atomic E-state index is 0.00559. The first kappa shape index (κ1) is 29.7. The van der Waals surface area contributed by atoms with Crippen molar-refractivity contribution in [3.05, 3.63) is 48.0 Å². The van der Waals surface area contributed by atoms with E-state index >= 15 is 0 Å². The first-order chi connectivity index (χ1) is 18.4. The summed E-state index contributed by atoms with van der Waals surface area (Å²) >= 11 is 0. The van der Waals surface area contributed by atoms with Crippen molar-refractivity contribution in [2.45, 2.75) is 134 Å². The molecule has 6 nitrogen and oxygen atoms in total. The number of methoxy groups -OCH3 is 1. The highest BCUT2D eigenvalue weighted by atomic mass is 16.6. The van der Waals surface area contributed by atoms with Crippen LogP contribution in [0.25, 0.3) is 0 Å². The molecule has 4 bridgehead atoms. The maximum absolute atomic E-state index is 11.0. The normalized spacial score (nSPS) is 37.3. The number of ether oxygens (including phenoxy) is 5. The highest BCUT2D eigenvalue weighted by molar-refractivity contribution is 5.13. The Morgan fingerprint density at radius 2 is 1.63 bits per heavy atom. The predicted molar refractivity (Wildman–Crippen MR) is 149 cm³/mol. The van der Waals surface area contributed by atoms with Crippen LogP contribution in [0.2, 0.25) is 0 Å². The minimum Gasteiger partial charge on any atom is -0.381 e. The summed E-state index contributed by atoms with van der Waals surface area (Å²) in [5, 5.41) is 11.0. The van der Waals surface area contributed by atoms with Gasteiger partial charge in [-0.1, -0.05) is 63.3 Å². The Bertz CT molecular complexity index is 828. The highest BCUT2D eigenvalue weighted by Gasteiger charge is 2.37. The van der Waals surface area contributed by atoms with Crippen molar-refractivity contribution in [2.24, 2.45) is 11.8 Å². The second-order valence-corrected chi connectivity index (χ2v) is 12.1. The van der Waals surface area contributed by atoms with Gasteiger partial charge in [0.25, 0.3) is 0 Å².